The Morgan fingerprint density at radius 2 is 2.20 bits per heavy atom. The van der Waals surface area contributed by atoms with Gasteiger partial charge in [-0.1, -0.05) is 0 Å². The van der Waals surface area contributed by atoms with Gasteiger partial charge in [0.15, 0.2) is 0 Å². The van der Waals surface area contributed by atoms with Crippen LogP contribution in [0.1, 0.15) is 6.92 Å². The molecule has 0 bridgehead atoms. The van der Waals surface area contributed by atoms with Gasteiger partial charge >= 0.3 is 43.2 Å². The van der Waals surface area contributed by atoms with Gasteiger partial charge in [0.1, 0.15) is 0 Å². The van der Waals surface area contributed by atoms with Crippen LogP contribution in [-0.2, 0) is 0 Å². The Morgan fingerprint density at radius 3 is 2.20 bits per heavy atom. The number of hydrogen-bond acceptors (Lipinski definition) is 0. The number of hydrogen-bond donors (Lipinski definition) is 0. The Labute approximate surface area is 43.5 Å². The maximum atomic E-state index is 2.30. The fourth-order valence-corrected chi connectivity index (χ4v) is 1.12. The van der Waals surface area contributed by atoms with Gasteiger partial charge in [-0.15, -0.1) is 0 Å². The summed E-state index contributed by atoms with van der Waals surface area (Å²) in [5, 5.41) is 0. The van der Waals surface area contributed by atoms with E-state index in [9.17, 15) is 0 Å². The molecule has 0 aliphatic heterocycles. The molecule has 0 rings (SSSR count). The van der Waals surface area contributed by atoms with Gasteiger partial charge in [0.2, 0.25) is 0 Å². The third-order valence-electron chi connectivity index (χ3n) is 0.333. The molecular weight excluding hydrogens is 167 g/mol. The molecule has 0 spiro atoms. The van der Waals surface area contributed by atoms with Gasteiger partial charge in [-0.3, -0.25) is 0 Å². The molecule has 28 valence electrons. The first-order valence-corrected chi connectivity index (χ1v) is 6.20. The second-order valence-corrected chi connectivity index (χ2v) is 3.39. The normalized spacial score (nSPS) is 10.0. The van der Waals surface area contributed by atoms with E-state index in [1.807, 2.05) is 0 Å². The van der Waals surface area contributed by atoms with Gasteiger partial charge in [-0.2, -0.15) is 0 Å². The molecule has 0 saturated heterocycles. The molecule has 0 atom stereocenters. The van der Waals surface area contributed by atoms with E-state index in [2.05, 4.69) is 22.0 Å². The monoisotopic (exact) mass is 176 g/mol. The average molecular weight is 175 g/mol. The van der Waals surface area contributed by atoms with Crippen molar-refractivity contribution in [2.24, 2.45) is 0 Å². The Bertz CT molecular complexity index is 30.6. The summed E-state index contributed by atoms with van der Waals surface area (Å²) in [5.41, 5.74) is 0. The Kier molecular flexibility index (Phi) is 5.03. The molecule has 0 fully saturated rings. The van der Waals surface area contributed by atoms with E-state index in [1.165, 1.54) is 0 Å². The van der Waals surface area contributed by atoms with Crippen molar-refractivity contribution < 1.29 is 0 Å². The molecule has 2 radical (unpaired) electrons. The molecule has 0 N–H and O–H groups in total. The summed E-state index contributed by atoms with van der Waals surface area (Å²) < 4.78 is 2.30. The Morgan fingerprint density at radius 1 is 1.60 bits per heavy atom. The van der Waals surface area contributed by atoms with E-state index in [4.69, 9.17) is 0 Å². The van der Waals surface area contributed by atoms with Crippen molar-refractivity contribution in [3.8, 4) is 0 Å². The fraction of sp³-hybridized carbons (Fsp3) is 0.500. The van der Waals surface area contributed by atoms with Crippen LogP contribution in [-0.4, -0.2) is 21.1 Å². The fourth-order valence-electron chi connectivity index (χ4n) is 0.167. The molecule has 0 saturated carbocycles. The minimum absolute atomic E-state index is 0.0251. The predicted octanol–water partition coefficient (Wildman–Crippen LogP) is 1.27. The van der Waals surface area contributed by atoms with Crippen LogP contribution in [0, 0.1) is 0 Å². The van der Waals surface area contributed by atoms with Crippen molar-refractivity contribution in [2.45, 2.75) is 11.9 Å². The van der Waals surface area contributed by atoms with Crippen molar-refractivity contribution in [1.82, 2.24) is 0 Å². The van der Waals surface area contributed by atoms with E-state index in [1.54, 1.807) is 0 Å². The van der Waals surface area contributed by atoms with E-state index in [0.29, 0.717) is 0 Å². The van der Waals surface area contributed by atoms with Gasteiger partial charge in [0, 0.05) is 0 Å². The Balaban J connectivity index is 2.62. The van der Waals surface area contributed by atoms with Crippen molar-refractivity contribution in [3.63, 3.8) is 0 Å². The first-order chi connectivity index (χ1) is 2.41. The third-order valence-corrected chi connectivity index (χ3v) is 2.24. The first kappa shape index (κ1) is 5.54. The van der Waals surface area contributed by atoms with E-state index < -0.39 is 0 Å². The van der Waals surface area contributed by atoms with Gasteiger partial charge in [0.25, 0.3) is 0 Å². The molecule has 0 heterocycles. The molecule has 1 heteroatoms. The zero-order chi connectivity index (χ0) is 4.12. The third kappa shape index (κ3) is 4.54. The van der Waals surface area contributed by atoms with Crippen LogP contribution in [0.15, 0.2) is 10.2 Å². The van der Waals surface area contributed by atoms with Crippen LogP contribution in [0.25, 0.3) is 0 Å². The summed E-state index contributed by atoms with van der Waals surface area (Å²) in [6.45, 7) is 2.07. The zero-order valence-electron chi connectivity index (χ0n) is 3.65. The molecule has 0 aliphatic rings. The van der Waals surface area contributed by atoms with Crippen molar-refractivity contribution in [3.05, 3.63) is 10.2 Å². The predicted molar refractivity (Wildman–Crippen MR) is 26.4 cm³/mol. The first-order valence-electron chi connectivity index (χ1n) is 1.70. The van der Waals surface area contributed by atoms with Crippen LogP contribution in [0.2, 0.25) is 4.94 Å². The SMILES string of the molecule is CC=[CH][Sn][CH3]. The molecular formula is C4H8Sn. The number of rotatable bonds is 1. The van der Waals surface area contributed by atoms with Crippen molar-refractivity contribution in [1.29, 1.82) is 0 Å². The van der Waals surface area contributed by atoms with Crippen LogP contribution in [0.3, 0.4) is 0 Å². The molecule has 0 aliphatic carbocycles. The van der Waals surface area contributed by atoms with Crippen molar-refractivity contribution in [2.75, 3.05) is 0 Å². The van der Waals surface area contributed by atoms with E-state index in [-0.39, 0.29) is 21.1 Å². The second kappa shape index (κ2) is 4.54. The zero-order valence-corrected chi connectivity index (χ0v) is 6.51. The van der Waals surface area contributed by atoms with Gasteiger partial charge < -0.3 is 0 Å². The summed E-state index contributed by atoms with van der Waals surface area (Å²) in [6, 6.07) is 0. The summed E-state index contributed by atoms with van der Waals surface area (Å²) >= 11 is 0.0251. The summed E-state index contributed by atoms with van der Waals surface area (Å²) in [5.74, 6) is 0. The summed E-state index contributed by atoms with van der Waals surface area (Å²) in [7, 11) is 0. The number of allylic oxidation sites excluding steroid dienone is 1. The van der Waals surface area contributed by atoms with Gasteiger partial charge in [-0.25, -0.2) is 0 Å². The standard InChI is InChI=1S/C3H5.CH3.Sn/c1-3-2;;/h1,3H,2H3;1H3;. The molecule has 0 aromatic carbocycles. The van der Waals surface area contributed by atoms with E-state index in [0.717, 1.165) is 0 Å². The van der Waals surface area contributed by atoms with Gasteiger partial charge in [-0.05, 0) is 0 Å². The molecule has 0 nitrogen and oxygen atoms in total. The molecule has 0 amide bonds. The van der Waals surface area contributed by atoms with Crippen LogP contribution in [0.4, 0.5) is 0 Å². The van der Waals surface area contributed by atoms with Gasteiger partial charge in [0.05, 0.1) is 0 Å². The average Bonchev–Trinajstić information content (AvgIpc) is 1.41. The summed E-state index contributed by atoms with van der Waals surface area (Å²) in [6.07, 6.45) is 2.13. The van der Waals surface area contributed by atoms with Crippen molar-refractivity contribution >= 4 is 21.1 Å². The molecule has 0 aromatic heterocycles. The van der Waals surface area contributed by atoms with Crippen LogP contribution in [0.5, 0.6) is 0 Å². The second-order valence-electron chi connectivity index (χ2n) is 0.789. The Hall–Kier alpha value is 0.539. The summed E-state index contributed by atoms with van der Waals surface area (Å²) in [4.78, 5) is 2.30. The van der Waals surface area contributed by atoms with Crippen LogP contribution >= 0.6 is 0 Å². The maximum absolute atomic E-state index is 2.30. The molecule has 0 aromatic rings. The van der Waals surface area contributed by atoms with E-state index >= 15 is 0 Å². The molecule has 5 heavy (non-hydrogen) atoms. The van der Waals surface area contributed by atoms with Crippen LogP contribution < -0.4 is 0 Å². The quantitative estimate of drug-likeness (QED) is 0.526. The minimum atomic E-state index is 0.0251. The molecule has 0 unspecified atom stereocenters. The topological polar surface area (TPSA) is 0 Å².